The van der Waals surface area contributed by atoms with Gasteiger partial charge in [-0.25, -0.2) is 0 Å². The van der Waals surface area contributed by atoms with Gasteiger partial charge in [-0.3, -0.25) is 0 Å². The number of nitrogens with one attached hydrogen (secondary N) is 1. The van der Waals surface area contributed by atoms with Crippen LogP contribution in [0.3, 0.4) is 0 Å². The van der Waals surface area contributed by atoms with Crippen LogP contribution < -0.4 is 5.32 Å². The molecule has 0 saturated carbocycles. The van der Waals surface area contributed by atoms with Gasteiger partial charge in [0.25, 0.3) is 0 Å². The summed E-state index contributed by atoms with van der Waals surface area (Å²) >= 11 is 5.08. The fourth-order valence-corrected chi connectivity index (χ4v) is 2.79. The van der Waals surface area contributed by atoms with E-state index in [9.17, 15) is 0 Å². The minimum absolute atomic E-state index is 0.508. The normalized spacial score (nSPS) is 10.7. The van der Waals surface area contributed by atoms with E-state index in [0.29, 0.717) is 18.3 Å². The first-order chi connectivity index (χ1) is 9.72. The van der Waals surface area contributed by atoms with Gasteiger partial charge in [-0.2, -0.15) is 16.3 Å². The van der Waals surface area contributed by atoms with Crippen LogP contribution >= 0.6 is 27.3 Å². The summed E-state index contributed by atoms with van der Waals surface area (Å²) < 4.78 is 6.29. The molecule has 2 heterocycles. The molecular formula is C14H12BrN3OS. The van der Waals surface area contributed by atoms with E-state index in [1.54, 1.807) is 11.3 Å². The Bertz CT molecular complexity index is 709. The molecule has 1 aromatic carbocycles. The molecule has 0 radical (unpaired) electrons. The summed E-state index contributed by atoms with van der Waals surface area (Å²) in [5, 5.41) is 11.3. The molecule has 0 amide bonds. The Balaban J connectivity index is 1.71. The summed E-state index contributed by atoms with van der Waals surface area (Å²) in [4.78, 5) is 4.37. The number of hydrogen-bond donors (Lipinski definition) is 1. The molecule has 1 N–H and O–H groups in total. The Kier molecular flexibility index (Phi) is 3.84. The van der Waals surface area contributed by atoms with Crippen molar-refractivity contribution in [1.82, 2.24) is 10.1 Å². The Morgan fingerprint density at radius 3 is 3.05 bits per heavy atom. The number of rotatable bonds is 4. The van der Waals surface area contributed by atoms with Crippen LogP contribution in [-0.2, 0) is 6.54 Å². The number of thiophene rings is 1. The third-order valence-electron chi connectivity index (χ3n) is 2.88. The maximum atomic E-state index is 5.25. The Morgan fingerprint density at radius 1 is 1.35 bits per heavy atom. The predicted octanol–water partition coefficient (Wildman–Crippen LogP) is 4.48. The van der Waals surface area contributed by atoms with Gasteiger partial charge in [0, 0.05) is 21.1 Å². The summed E-state index contributed by atoms with van der Waals surface area (Å²) in [6.07, 6.45) is 0. The van der Waals surface area contributed by atoms with Crippen LogP contribution in [0.25, 0.3) is 11.4 Å². The van der Waals surface area contributed by atoms with Gasteiger partial charge >= 0.3 is 0 Å². The van der Waals surface area contributed by atoms with Crippen LogP contribution in [0.1, 0.15) is 11.5 Å². The van der Waals surface area contributed by atoms with Crippen molar-refractivity contribution in [3.8, 4) is 11.4 Å². The highest BCUT2D eigenvalue weighted by Gasteiger charge is 2.09. The van der Waals surface area contributed by atoms with Gasteiger partial charge in [0.2, 0.25) is 11.7 Å². The molecule has 0 fully saturated rings. The summed E-state index contributed by atoms with van der Waals surface area (Å²) in [6.45, 7) is 2.56. The van der Waals surface area contributed by atoms with Crippen molar-refractivity contribution in [3.05, 3.63) is 51.0 Å². The van der Waals surface area contributed by atoms with Crippen molar-refractivity contribution < 1.29 is 4.52 Å². The monoisotopic (exact) mass is 349 g/mol. The molecule has 4 nitrogen and oxygen atoms in total. The Morgan fingerprint density at radius 2 is 2.25 bits per heavy atom. The van der Waals surface area contributed by atoms with Gasteiger partial charge in [0.1, 0.15) is 0 Å². The maximum Gasteiger partial charge on any atom is 0.246 e. The van der Waals surface area contributed by atoms with E-state index in [-0.39, 0.29) is 0 Å². The third-order valence-corrected chi connectivity index (χ3v) is 4.05. The number of benzene rings is 1. The number of halogens is 1. The van der Waals surface area contributed by atoms with Gasteiger partial charge in [-0.05, 0) is 36.1 Å². The second-order valence-corrected chi connectivity index (χ2v) is 6.03. The first-order valence-corrected chi connectivity index (χ1v) is 7.81. The first-order valence-electron chi connectivity index (χ1n) is 6.07. The molecule has 0 saturated heterocycles. The molecule has 3 aromatic rings. The minimum atomic E-state index is 0.508. The molecule has 0 bridgehead atoms. The van der Waals surface area contributed by atoms with Crippen LogP contribution in [0.5, 0.6) is 0 Å². The average molecular weight is 350 g/mol. The lowest BCUT2D eigenvalue weighted by molar-refractivity contribution is 0.384. The van der Waals surface area contributed by atoms with Gasteiger partial charge in [0.15, 0.2) is 0 Å². The second-order valence-electron chi connectivity index (χ2n) is 4.34. The van der Waals surface area contributed by atoms with Crippen molar-refractivity contribution in [2.24, 2.45) is 0 Å². The topological polar surface area (TPSA) is 51.0 Å². The zero-order valence-electron chi connectivity index (χ0n) is 10.8. The van der Waals surface area contributed by atoms with E-state index in [1.807, 2.05) is 29.0 Å². The number of aryl methyl sites for hydroxylation is 1. The first kappa shape index (κ1) is 13.3. The van der Waals surface area contributed by atoms with Gasteiger partial charge < -0.3 is 9.84 Å². The number of aromatic nitrogens is 2. The van der Waals surface area contributed by atoms with E-state index in [0.717, 1.165) is 15.7 Å². The molecule has 0 atom stereocenters. The molecular weight excluding hydrogens is 338 g/mol. The van der Waals surface area contributed by atoms with E-state index in [4.69, 9.17) is 4.52 Å². The van der Waals surface area contributed by atoms with Gasteiger partial charge in [-0.1, -0.05) is 27.2 Å². The molecule has 3 rings (SSSR count). The lowest BCUT2D eigenvalue weighted by Crippen LogP contribution is -2.01. The fourth-order valence-electron chi connectivity index (χ4n) is 1.79. The number of hydrogen-bond acceptors (Lipinski definition) is 5. The molecule has 0 aliphatic rings. The van der Waals surface area contributed by atoms with Crippen LogP contribution in [0.2, 0.25) is 0 Å². The Labute approximate surface area is 129 Å². The van der Waals surface area contributed by atoms with Crippen LogP contribution in [0.15, 0.2) is 44.0 Å². The van der Waals surface area contributed by atoms with Crippen LogP contribution in [0.4, 0.5) is 5.69 Å². The van der Waals surface area contributed by atoms with Crippen LogP contribution in [0, 0.1) is 6.92 Å². The molecule has 102 valence electrons. The van der Waals surface area contributed by atoms with Crippen molar-refractivity contribution in [2.45, 2.75) is 13.5 Å². The lowest BCUT2D eigenvalue weighted by Gasteiger charge is -2.07. The largest absolute Gasteiger partial charge is 0.376 e. The zero-order chi connectivity index (χ0) is 13.9. The highest BCUT2D eigenvalue weighted by molar-refractivity contribution is 9.10. The SMILES string of the molecule is Cc1ccc(Br)cc1NCc1nc(-c2ccsc2)no1. The summed E-state index contributed by atoms with van der Waals surface area (Å²) in [6, 6.07) is 8.08. The number of anilines is 1. The molecule has 0 aliphatic carbocycles. The van der Waals surface area contributed by atoms with Crippen molar-refractivity contribution in [3.63, 3.8) is 0 Å². The standard InChI is InChI=1S/C14H12BrN3OS/c1-9-2-3-11(15)6-12(9)16-7-13-17-14(18-19-13)10-4-5-20-8-10/h2-6,8,16H,7H2,1H3. The second kappa shape index (κ2) is 5.76. The quantitative estimate of drug-likeness (QED) is 0.754. The van der Waals surface area contributed by atoms with Gasteiger partial charge in [0.05, 0.1) is 6.54 Å². The summed E-state index contributed by atoms with van der Waals surface area (Å²) in [5.41, 5.74) is 3.21. The van der Waals surface area contributed by atoms with E-state index < -0.39 is 0 Å². The molecule has 2 aromatic heterocycles. The molecule has 6 heteroatoms. The zero-order valence-corrected chi connectivity index (χ0v) is 13.2. The molecule has 20 heavy (non-hydrogen) atoms. The van der Waals surface area contributed by atoms with Crippen molar-refractivity contribution >= 4 is 33.0 Å². The van der Waals surface area contributed by atoms with Crippen molar-refractivity contribution in [2.75, 3.05) is 5.32 Å². The van der Waals surface area contributed by atoms with E-state index in [1.165, 1.54) is 5.56 Å². The summed E-state index contributed by atoms with van der Waals surface area (Å²) in [5.74, 6) is 1.21. The highest BCUT2D eigenvalue weighted by atomic mass is 79.9. The Hall–Kier alpha value is -1.66. The maximum absolute atomic E-state index is 5.25. The highest BCUT2D eigenvalue weighted by Crippen LogP contribution is 2.22. The van der Waals surface area contributed by atoms with Crippen LogP contribution in [-0.4, -0.2) is 10.1 Å². The fraction of sp³-hybridized carbons (Fsp3) is 0.143. The van der Waals surface area contributed by atoms with Crippen molar-refractivity contribution in [1.29, 1.82) is 0 Å². The van der Waals surface area contributed by atoms with Gasteiger partial charge in [-0.15, -0.1) is 0 Å². The predicted molar refractivity (Wildman–Crippen MR) is 83.8 cm³/mol. The van der Waals surface area contributed by atoms with E-state index >= 15 is 0 Å². The average Bonchev–Trinajstić information content (AvgIpc) is 3.09. The molecule has 0 unspecified atom stereocenters. The minimum Gasteiger partial charge on any atom is -0.376 e. The third kappa shape index (κ3) is 2.91. The summed E-state index contributed by atoms with van der Waals surface area (Å²) in [7, 11) is 0. The lowest BCUT2D eigenvalue weighted by atomic mass is 10.2. The molecule has 0 aliphatic heterocycles. The number of nitrogens with zero attached hydrogens (tertiary/aromatic N) is 2. The molecule has 0 spiro atoms. The van der Waals surface area contributed by atoms with E-state index in [2.05, 4.69) is 44.4 Å². The smallest absolute Gasteiger partial charge is 0.246 e.